The van der Waals surface area contributed by atoms with Crippen LogP contribution in [-0.4, -0.2) is 40.3 Å². The molecule has 1 aliphatic heterocycles. The molecule has 2 aromatic carbocycles. The molecule has 1 aliphatic carbocycles. The van der Waals surface area contributed by atoms with Crippen molar-refractivity contribution in [3.8, 4) is 11.5 Å². The summed E-state index contributed by atoms with van der Waals surface area (Å²) in [4.78, 5) is 29.8. The Morgan fingerprint density at radius 2 is 1.73 bits per heavy atom. The van der Waals surface area contributed by atoms with Gasteiger partial charge < -0.3 is 14.8 Å². The monoisotopic (exact) mass is 502 g/mol. The second kappa shape index (κ2) is 10.7. The molecule has 194 valence electrons. The Morgan fingerprint density at radius 1 is 1.03 bits per heavy atom. The zero-order valence-corrected chi connectivity index (χ0v) is 21.6. The van der Waals surface area contributed by atoms with Crippen molar-refractivity contribution in [2.24, 2.45) is 7.05 Å². The van der Waals surface area contributed by atoms with Crippen LogP contribution in [0.3, 0.4) is 0 Å². The Morgan fingerprint density at radius 3 is 2.41 bits per heavy atom. The number of benzene rings is 2. The van der Waals surface area contributed by atoms with E-state index in [1.165, 1.54) is 6.42 Å². The number of hydrogen-bond acceptors (Lipinski definition) is 5. The van der Waals surface area contributed by atoms with Crippen molar-refractivity contribution in [1.29, 1.82) is 0 Å². The van der Waals surface area contributed by atoms with Crippen LogP contribution in [0.25, 0.3) is 0 Å². The second-order valence-electron chi connectivity index (χ2n) is 10.00. The van der Waals surface area contributed by atoms with Crippen molar-refractivity contribution < 1.29 is 19.1 Å². The Labute approximate surface area is 217 Å². The SMILES string of the molecule is Cc1ccc(N(C(=O)[C@H]2COc3ccccc3O2)[C@H](C(=O)NC2CCCCC2)c2cn(C)nc2C)cc1. The number of para-hydroxylation sites is 2. The number of carbonyl (C=O) groups is 2. The second-order valence-corrected chi connectivity index (χ2v) is 10.00. The Bertz CT molecular complexity index is 1260. The number of ether oxygens (including phenoxy) is 2. The minimum Gasteiger partial charge on any atom is -0.485 e. The molecule has 0 spiro atoms. The molecule has 0 radical (unpaired) electrons. The van der Waals surface area contributed by atoms with E-state index in [4.69, 9.17) is 9.47 Å². The highest BCUT2D eigenvalue weighted by Crippen LogP contribution is 2.35. The van der Waals surface area contributed by atoms with E-state index in [1.54, 1.807) is 15.6 Å². The summed E-state index contributed by atoms with van der Waals surface area (Å²) in [7, 11) is 1.82. The van der Waals surface area contributed by atoms with Gasteiger partial charge in [0.25, 0.3) is 5.91 Å². The molecule has 5 rings (SSSR count). The van der Waals surface area contributed by atoms with Crippen LogP contribution in [0, 0.1) is 13.8 Å². The molecule has 37 heavy (non-hydrogen) atoms. The maximum absolute atomic E-state index is 14.2. The summed E-state index contributed by atoms with van der Waals surface area (Å²) in [6.45, 7) is 3.91. The number of nitrogens with zero attached hydrogens (tertiary/aromatic N) is 3. The highest BCUT2D eigenvalue weighted by Gasteiger charge is 2.41. The average molecular weight is 503 g/mol. The third-order valence-electron chi connectivity index (χ3n) is 7.14. The number of nitrogens with one attached hydrogen (secondary N) is 1. The summed E-state index contributed by atoms with van der Waals surface area (Å²) in [6.07, 6.45) is 6.18. The van der Waals surface area contributed by atoms with Gasteiger partial charge in [0.15, 0.2) is 11.5 Å². The molecule has 1 N–H and O–H groups in total. The van der Waals surface area contributed by atoms with Gasteiger partial charge in [-0.2, -0.15) is 5.10 Å². The summed E-state index contributed by atoms with van der Waals surface area (Å²) < 4.78 is 13.7. The average Bonchev–Trinajstić information content (AvgIpc) is 3.24. The van der Waals surface area contributed by atoms with Gasteiger partial charge in [-0.3, -0.25) is 19.2 Å². The maximum Gasteiger partial charge on any atom is 0.272 e. The van der Waals surface area contributed by atoms with Crippen molar-refractivity contribution in [1.82, 2.24) is 15.1 Å². The lowest BCUT2D eigenvalue weighted by molar-refractivity contribution is -0.132. The van der Waals surface area contributed by atoms with Crippen LogP contribution in [0.4, 0.5) is 5.69 Å². The molecular formula is C29H34N4O4. The number of rotatable bonds is 6. The predicted octanol–water partition coefficient (Wildman–Crippen LogP) is 4.40. The Kier molecular flexibility index (Phi) is 7.17. The highest BCUT2D eigenvalue weighted by molar-refractivity contribution is 6.03. The van der Waals surface area contributed by atoms with Crippen LogP contribution < -0.4 is 19.7 Å². The van der Waals surface area contributed by atoms with Crippen molar-refractivity contribution in [2.45, 2.75) is 64.1 Å². The fraction of sp³-hybridized carbons (Fsp3) is 0.414. The van der Waals surface area contributed by atoms with Crippen molar-refractivity contribution in [2.75, 3.05) is 11.5 Å². The first-order chi connectivity index (χ1) is 17.9. The number of anilines is 1. The minimum absolute atomic E-state index is 0.0567. The fourth-order valence-electron chi connectivity index (χ4n) is 5.22. The van der Waals surface area contributed by atoms with Crippen LogP contribution in [0.2, 0.25) is 0 Å². The van der Waals surface area contributed by atoms with E-state index in [0.717, 1.165) is 31.2 Å². The number of carbonyl (C=O) groups excluding carboxylic acids is 2. The largest absolute Gasteiger partial charge is 0.485 e. The first-order valence-electron chi connectivity index (χ1n) is 13.0. The lowest BCUT2D eigenvalue weighted by Crippen LogP contribution is -2.52. The molecule has 2 amide bonds. The molecular weight excluding hydrogens is 468 g/mol. The molecule has 2 heterocycles. The van der Waals surface area contributed by atoms with E-state index in [0.29, 0.717) is 28.4 Å². The molecule has 1 saturated carbocycles. The van der Waals surface area contributed by atoms with Crippen molar-refractivity contribution in [3.63, 3.8) is 0 Å². The topological polar surface area (TPSA) is 85.7 Å². The number of aromatic nitrogens is 2. The molecule has 2 aliphatic rings. The van der Waals surface area contributed by atoms with Gasteiger partial charge in [-0.05, 0) is 51.0 Å². The van der Waals surface area contributed by atoms with Crippen molar-refractivity contribution in [3.05, 3.63) is 71.5 Å². The van der Waals surface area contributed by atoms with Gasteiger partial charge >= 0.3 is 0 Å². The van der Waals surface area contributed by atoms with Crippen LogP contribution in [0.15, 0.2) is 54.7 Å². The first-order valence-corrected chi connectivity index (χ1v) is 13.0. The smallest absolute Gasteiger partial charge is 0.272 e. The van der Waals surface area contributed by atoms with E-state index >= 15 is 0 Å². The van der Waals surface area contributed by atoms with Crippen LogP contribution in [0.5, 0.6) is 11.5 Å². The quantitative estimate of drug-likeness (QED) is 0.540. The minimum atomic E-state index is -0.911. The molecule has 8 heteroatoms. The number of fused-ring (bicyclic) bond motifs is 1. The van der Waals surface area contributed by atoms with Crippen LogP contribution >= 0.6 is 0 Å². The number of hydrogen-bond donors (Lipinski definition) is 1. The number of amides is 2. The maximum atomic E-state index is 14.2. The van der Waals surface area contributed by atoms with Gasteiger partial charge in [-0.15, -0.1) is 0 Å². The number of aryl methyl sites for hydroxylation is 3. The molecule has 8 nitrogen and oxygen atoms in total. The fourth-order valence-corrected chi connectivity index (χ4v) is 5.22. The summed E-state index contributed by atoms with van der Waals surface area (Å²) >= 11 is 0. The normalized spacial score (nSPS) is 18.2. The third kappa shape index (κ3) is 5.33. The summed E-state index contributed by atoms with van der Waals surface area (Å²) in [5, 5.41) is 7.74. The summed E-state index contributed by atoms with van der Waals surface area (Å²) in [5.74, 6) is 0.555. The molecule has 1 aromatic heterocycles. The molecule has 0 bridgehead atoms. The predicted molar refractivity (Wildman–Crippen MR) is 141 cm³/mol. The first kappa shape index (κ1) is 24.9. The van der Waals surface area contributed by atoms with Crippen molar-refractivity contribution >= 4 is 17.5 Å². The van der Waals surface area contributed by atoms with Gasteiger partial charge in [0.05, 0.1) is 5.69 Å². The Hall–Kier alpha value is -3.81. The van der Waals surface area contributed by atoms with E-state index in [2.05, 4.69) is 10.4 Å². The summed E-state index contributed by atoms with van der Waals surface area (Å²) in [5.41, 5.74) is 3.05. The van der Waals surface area contributed by atoms with Gasteiger partial charge in [0.1, 0.15) is 12.6 Å². The van der Waals surface area contributed by atoms with Crippen LogP contribution in [0.1, 0.15) is 55.0 Å². The third-order valence-corrected chi connectivity index (χ3v) is 7.14. The highest BCUT2D eigenvalue weighted by atomic mass is 16.6. The van der Waals surface area contributed by atoms with Gasteiger partial charge in [0.2, 0.25) is 12.0 Å². The zero-order valence-electron chi connectivity index (χ0n) is 21.6. The van der Waals surface area contributed by atoms with Gasteiger partial charge in [-0.25, -0.2) is 0 Å². The van der Waals surface area contributed by atoms with E-state index < -0.39 is 12.1 Å². The standard InChI is InChI=1S/C29H34N4O4/c1-19-13-15-22(16-14-19)33(29(35)26-18-36-24-11-7-8-12-25(24)37-26)27(23-17-32(3)31-20(23)2)28(34)30-21-9-5-4-6-10-21/h7-8,11-17,21,26-27H,4-6,9-10,18H2,1-3H3,(H,30,34)/t26-,27+/m1/s1. The van der Waals surface area contributed by atoms with Crippen LogP contribution in [-0.2, 0) is 16.6 Å². The molecule has 2 atom stereocenters. The van der Waals surface area contributed by atoms with E-state index in [9.17, 15) is 9.59 Å². The molecule has 3 aromatic rings. The van der Waals surface area contributed by atoms with Gasteiger partial charge in [0, 0.05) is 30.5 Å². The Balaban J connectivity index is 1.55. The lowest BCUT2D eigenvalue weighted by atomic mass is 9.94. The molecule has 1 fully saturated rings. The lowest BCUT2D eigenvalue weighted by Gasteiger charge is -2.36. The van der Waals surface area contributed by atoms with Gasteiger partial charge in [-0.1, -0.05) is 49.1 Å². The zero-order chi connectivity index (χ0) is 25.9. The van der Waals surface area contributed by atoms with E-state index in [-0.39, 0.29) is 24.5 Å². The molecule has 0 unspecified atom stereocenters. The summed E-state index contributed by atoms with van der Waals surface area (Å²) in [6, 6.07) is 14.1. The molecule has 0 saturated heterocycles. The van der Waals surface area contributed by atoms with E-state index in [1.807, 2.05) is 69.6 Å².